The van der Waals surface area contributed by atoms with Crippen molar-refractivity contribution in [1.82, 2.24) is 4.98 Å². The molecule has 3 N–H and O–H groups in total. The quantitative estimate of drug-likeness (QED) is 0.801. The van der Waals surface area contributed by atoms with Gasteiger partial charge in [-0.3, -0.25) is 0 Å². The first kappa shape index (κ1) is 13.7. The van der Waals surface area contributed by atoms with Gasteiger partial charge in [0.1, 0.15) is 5.15 Å². The van der Waals surface area contributed by atoms with Crippen LogP contribution in [0.4, 0.5) is 17.2 Å². The van der Waals surface area contributed by atoms with E-state index < -0.39 is 0 Å². The van der Waals surface area contributed by atoms with Gasteiger partial charge in [-0.2, -0.15) is 0 Å². The van der Waals surface area contributed by atoms with E-state index in [9.17, 15) is 0 Å². The van der Waals surface area contributed by atoms with Crippen molar-refractivity contribution in [2.24, 2.45) is 0 Å². The van der Waals surface area contributed by atoms with Crippen LogP contribution in [0.1, 0.15) is 26.3 Å². The number of para-hydroxylation sites is 1. The number of hydrogen-bond acceptors (Lipinski definition) is 3. The van der Waals surface area contributed by atoms with E-state index in [1.165, 1.54) is 5.56 Å². The molecule has 0 spiro atoms. The fourth-order valence-electron chi connectivity index (χ4n) is 1.92. The van der Waals surface area contributed by atoms with E-state index in [0.717, 1.165) is 5.69 Å². The zero-order chi connectivity index (χ0) is 14.0. The average molecular weight is 276 g/mol. The number of nitrogen functional groups attached to an aromatic ring is 1. The van der Waals surface area contributed by atoms with E-state index in [4.69, 9.17) is 17.3 Å². The third-order valence-electron chi connectivity index (χ3n) is 2.88. The number of rotatable bonds is 2. The molecule has 0 aliphatic rings. The molecule has 0 aliphatic carbocycles. The molecule has 19 heavy (non-hydrogen) atoms. The van der Waals surface area contributed by atoms with E-state index in [2.05, 4.69) is 37.1 Å². The van der Waals surface area contributed by atoms with Crippen LogP contribution in [-0.4, -0.2) is 4.98 Å². The molecule has 0 bridgehead atoms. The number of nitrogens with two attached hydrogens (primary N) is 1. The van der Waals surface area contributed by atoms with E-state index in [1.807, 2.05) is 18.2 Å². The van der Waals surface area contributed by atoms with Crippen molar-refractivity contribution < 1.29 is 0 Å². The summed E-state index contributed by atoms with van der Waals surface area (Å²) in [4.78, 5) is 4.22. The predicted octanol–water partition coefficient (Wildman–Crippen LogP) is 4.36. The predicted molar refractivity (Wildman–Crippen MR) is 82.1 cm³/mol. The zero-order valence-electron chi connectivity index (χ0n) is 11.4. The number of nitrogens with one attached hydrogen (secondary N) is 1. The molecule has 0 saturated carbocycles. The van der Waals surface area contributed by atoms with Crippen molar-refractivity contribution in [3.63, 3.8) is 0 Å². The molecule has 0 saturated heterocycles. The van der Waals surface area contributed by atoms with E-state index in [-0.39, 0.29) is 5.41 Å². The highest BCUT2D eigenvalue weighted by molar-refractivity contribution is 6.29. The summed E-state index contributed by atoms with van der Waals surface area (Å²) in [5.41, 5.74) is 8.73. The van der Waals surface area contributed by atoms with Crippen LogP contribution in [0.3, 0.4) is 0 Å². The molecule has 100 valence electrons. The van der Waals surface area contributed by atoms with Gasteiger partial charge in [0.15, 0.2) is 5.82 Å². The Morgan fingerprint density at radius 3 is 2.47 bits per heavy atom. The average Bonchev–Trinajstić information content (AvgIpc) is 2.33. The standard InChI is InChI=1S/C15H18ClN3/c1-15(2,3)10-6-4-5-7-12(10)18-14-11(17)8-9-13(16)19-14/h4-9H,17H2,1-3H3,(H,18,19). The number of pyridine rings is 1. The molecule has 0 radical (unpaired) electrons. The highest BCUT2D eigenvalue weighted by atomic mass is 35.5. The van der Waals surface area contributed by atoms with Crippen molar-refractivity contribution in [1.29, 1.82) is 0 Å². The first-order valence-corrected chi connectivity index (χ1v) is 6.54. The molecule has 1 aromatic heterocycles. The Balaban J connectivity index is 2.41. The number of anilines is 3. The lowest BCUT2D eigenvalue weighted by atomic mass is 9.86. The van der Waals surface area contributed by atoms with Gasteiger partial charge in [-0.25, -0.2) is 4.98 Å². The van der Waals surface area contributed by atoms with Gasteiger partial charge in [-0.05, 0) is 29.2 Å². The molecule has 0 fully saturated rings. The molecule has 0 unspecified atom stereocenters. The number of aromatic nitrogens is 1. The van der Waals surface area contributed by atoms with Crippen molar-refractivity contribution in [3.8, 4) is 0 Å². The van der Waals surface area contributed by atoms with Crippen LogP contribution in [0.25, 0.3) is 0 Å². The lowest BCUT2D eigenvalue weighted by Crippen LogP contribution is -2.14. The summed E-state index contributed by atoms with van der Waals surface area (Å²) in [5.74, 6) is 0.587. The summed E-state index contributed by atoms with van der Waals surface area (Å²) in [6, 6.07) is 11.6. The fraction of sp³-hybridized carbons (Fsp3) is 0.267. The molecular weight excluding hydrogens is 258 g/mol. The highest BCUT2D eigenvalue weighted by Crippen LogP contribution is 2.32. The van der Waals surface area contributed by atoms with Crippen molar-refractivity contribution >= 4 is 28.8 Å². The number of benzene rings is 1. The smallest absolute Gasteiger partial charge is 0.155 e. The van der Waals surface area contributed by atoms with Gasteiger partial charge in [0, 0.05) is 5.69 Å². The molecule has 2 aromatic rings. The van der Waals surface area contributed by atoms with Crippen LogP contribution < -0.4 is 11.1 Å². The van der Waals surface area contributed by atoms with Crippen LogP contribution in [0.2, 0.25) is 5.15 Å². The Kier molecular flexibility index (Phi) is 3.67. The molecular formula is C15H18ClN3. The van der Waals surface area contributed by atoms with Crippen LogP contribution >= 0.6 is 11.6 Å². The van der Waals surface area contributed by atoms with Gasteiger partial charge in [-0.1, -0.05) is 50.6 Å². The Labute approximate surface area is 118 Å². The lowest BCUT2D eigenvalue weighted by Gasteiger charge is -2.23. The van der Waals surface area contributed by atoms with Gasteiger partial charge in [0.05, 0.1) is 5.69 Å². The first-order valence-electron chi connectivity index (χ1n) is 6.16. The third-order valence-corrected chi connectivity index (χ3v) is 3.09. The number of nitrogens with zero attached hydrogens (tertiary/aromatic N) is 1. The van der Waals surface area contributed by atoms with Crippen LogP contribution in [0.5, 0.6) is 0 Å². The van der Waals surface area contributed by atoms with Crippen LogP contribution in [-0.2, 0) is 5.41 Å². The van der Waals surface area contributed by atoms with E-state index in [1.54, 1.807) is 12.1 Å². The van der Waals surface area contributed by atoms with E-state index in [0.29, 0.717) is 16.7 Å². The normalized spacial score (nSPS) is 11.4. The maximum Gasteiger partial charge on any atom is 0.155 e. The maximum absolute atomic E-state index is 5.91. The molecule has 1 heterocycles. The van der Waals surface area contributed by atoms with Gasteiger partial charge in [0.2, 0.25) is 0 Å². The summed E-state index contributed by atoms with van der Waals surface area (Å²) in [6.45, 7) is 6.51. The topological polar surface area (TPSA) is 50.9 Å². The second kappa shape index (κ2) is 5.10. The Hall–Kier alpha value is -1.74. The van der Waals surface area contributed by atoms with E-state index >= 15 is 0 Å². The second-order valence-electron chi connectivity index (χ2n) is 5.49. The molecule has 1 aromatic carbocycles. The molecule has 3 nitrogen and oxygen atoms in total. The lowest BCUT2D eigenvalue weighted by molar-refractivity contribution is 0.592. The monoisotopic (exact) mass is 275 g/mol. The van der Waals surface area contributed by atoms with Gasteiger partial charge < -0.3 is 11.1 Å². The summed E-state index contributed by atoms with van der Waals surface area (Å²) in [5, 5.41) is 3.69. The number of halogens is 1. The number of hydrogen-bond donors (Lipinski definition) is 2. The highest BCUT2D eigenvalue weighted by Gasteiger charge is 2.18. The minimum atomic E-state index is 0.0386. The molecule has 0 atom stereocenters. The SMILES string of the molecule is CC(C)(C)c1ccccc1Nc1nc(Cl)ccc1N. The fourth-order valence-corrected chi connectivity index (χ4v) is 2.07. The molecule has 0 amide bonds. The summed E-state index contributed by atoms with van der Waals surface area (Å²) >= 11 is 5.91. The minimum Gasteiger partial charge on any atom is -0.396 e. The molecule has 4 heteroatoms. The minimum absolute atomic E-state index is 0.0386. The van der Waals surface area contributed by atoms with Crippen molar-refractivity contribution in [2.45, 2.75) is 26.2 Å². The second-order valence-corrected chi connectivity index (χ2v) is 5.88. The molecule has 0 aliphatic heterocycles. The Morgan fingerprint density at radius 1 is 1.11 bits per heavy atom. The first-order chi connectivity index (χ1) is 8.88. The van der Waals surface area contributed by atoms with Crippen molar-refractivity contribution in [2.75, 3.05) is 11.1 Å². The van der Waals surface area contributed by atoms with Gasteiger partial charge in [-0.15, -0.1) is 0 Å². The van der Waals surface area contributed by atoms with Crippen molar-refractivity contribution in [3.05, 3.63) is 47.1 Å². The molecule has 2 rings (SSSR count). The zero-order valence-corrected chi connectivity index (χ0v) is 12.1. The largest absolute Gasteiger partial charge is 0.396 e. The van der Waals surface area contributed by atoms with Crippen LogP contribution in [0.15, 0.2) is 36.4 Å². The Bertz CT molecular complexity index is 588. The Morgan fingerprint density at radius 2 is 1.79 bits per heavy atom. The maximum atomic E-state index is 5.91. The summed E-state index contributed by atoms with van der Waals surface area (Å²) in [6.07, 6.45) is 0. The van der Waals surface area contributed by atoms with Gasteiger partial charge >= 0.3 is 0 Å². The summed E-state index contributed by atoms with van der Waals surface area (Å²) < 4.78 is 0. The summed E-state index contributed by atoms with van der Waals surface area (Å²) in [7, 11) is 0. The van der Waals surface area contributed by atoms with Gasteiger partial charge in [0.25, 0.3) is 0 Å². The third kappa shape index (κ3) is 3.18. The van der Waals surface area contributed by atoms with Crippen LogP contribution in [0, 0.1) is 0 Å².